The summed E-state index contributed by atoms with van der Waals surface area (Å²) >= 11 is 0. The summed E-state index contributed by atoms with van der Waals surface area (Å²) in [6.07, 6.45) is 4.30. The smallest absolute Gasteiger partial charge is 0.223 e. The molecule has 1 aliphatic carbocycles. The van der Waals surface area contributed by atoms with Gasteiger partial charge in [0.25, 0.3) is 0 Å². The lowest BCUT2D eigenvalue weighted by molar-refractivity contribution is -0.122. The van der Waals surface area contributed by atoms with E-state index in [1.165, 1.54) is 5.56 Å². The summed E-state index contributed by atoms with van der Waals surface area (Å²) in [5.74, 6) is -0.464. The van der Waals surface area contributed by atoms with Gasteiger partial charge in [-0.05, 0) is 23.6 Å². The van der Waals surface area contributed by atoms with E-state index in [0.29, 0.717) is 6.42 Å². The topological polar surface area (TPSA) is 60.9 Å². The Kier molecular flexibility index (Phi) is 2.21. The van der Waals surface area contributed by atoms with Gasteiger partial charge >= 0.3 is 0 Å². The van der Waals surface area contributed by atoms with E-state index in [9.17, 15) is 4.79 Å². The Labute approximate surface area is 99.1 Å². The molecule has 3 rings (SSSR count). The molecule has 0 saturated heterocycles. The summed E-state index contributed by atoms with van der Waals surface area (Å²) in [6.45, 7) is 0. The highest BCUT2D eigenvalue weighted by Gasteiger charge is 2.37. The van der Waals surface area contributed by atoms with Crippen LogP contribution in [0.5, 0.6) is 0 Å². The minimum Gasteiger partial charge on any atom is -0.369 e. The number of nitrogens with two attached hydrogens (primary N) is 1. The van der Waals surface area contributed by atoms with Gasteiger partial charge in [0.05, 0.1) is 12.0 Å². The SMILES string of the molecule is NC(=O)C1Cc2ccccc2C1n1cccn1. The average molecular weight is 227 g/mol. The molecule has 1 aromatic carbocycles. The van der Waals surface area contributed by atoms with Gasteiger partial charge < -0.3 is 5.73 Å². The van der Waals surface area contributed by atoms with Crippen molar-refractivity contribution in [1.29, 1.82) is 0 Å². The highest BCUT2D eigenvalue weighted by molar-refractivity contribution is 5.79. The first-order valence-electron chi connectivity index (χ1n) is 5.63. The van der Waals surface area contributed by atoms with Gasteiger partial charge in [-0.2, -0.15) is 5.10 Å². The maximum absolute atomic E-state index is 11.6. The number of benzene rings is 1. The first-order chi connectivity index (χ1) is 8.27. The lowest BCUT2D eigenvalue weighted by Gasteiger charge is -2.18. The van der Waals surface area contributed by atoms with Crippen LogP contribution in [0.1, 0.15) is 17.2 Å². The van der Waals surface area contributed by atoms with Crippen molar-refractivity contribution in [1.82, 2.24) is 9.78 Å². The van der Waals surface area contributed by atoms with E-state index in [4.69, 9.17) is 5.73 Å². The number of rotatable bonds is 2. The van der Waals surface area contributed by atoms with Gasteiger partial charge in [-0.1, -0.05) is 24.3 Å². The van der Waals surface area contributed by atoms with Crippen molar-refractivity contribution in [3.05, 3.63) is 53.9 Å². The summed E-state index contributed by atoms with van der Waals surface area (Å²) in [5, 5.41) is 4.24. The fourth-order valence-corrected chi connectivity index (χ4v) is 2.60. The molecule has 1 aliphatic rings. The third kappa shape index (κ3) is 1.53. The Morgan fingerprint density at radius 1 is 1.35 bits per heavy atom. The monoisotopic (exact) mass is 227 g/mol. The van der Waals surface area contributed by atoms with Crippen molar-refractivity contribution in [2.24, 2.45) is 11.7 Å². The predicted octanol–water partition coefficient (Wildman–Crippen LogP) is 1.13. The average Bonchev–Trinajstić information content (AvgIpc) is 2.94. The van der Waals surface area contributed by atoms with Crippen molar-refractivity contribution in [2.75, 3.05) is 0 Å². The molecule has 86 valence electrons. The van der Waals surface area contributed by atoms with Crippen LogP contribution in [-0.4, -0.2) is 15.7 Å². The summed E-state index contributed by atoms with van der Waals surface area (Å²) < 4.78 is 1.82. The molecule has 0 aliphatic heterocycles. The van der Waals surface area contributed by atoms with E-state index in [1.54, 1.807) is 6.20 Å². The Morgan fingerprint density at radius 3 is 2.88 bits per heavy atom. The molecule has 2 aromatic rings. The fraction of sp³-hybridized carbons (Fsp3) is 0.231. The van der Waals surface area contributed by atoms with Crippen molar-refractivity contribution >= 4 is 5.91 Å². The highest BCUT2D eigenvalue weighted by atomic mass is 16.1. The number of nitrogens with zero attached hydrogens (tertiary/aromatic N) is 2. The molecule has 1 amide bonds. The molecule has 0 saturated carbocycles. The van der Waals surface area contributed by atoms with Gasteiger partial charge in [0.2, 0.25) is 5.91 Å². The fourth-order valence-electron chi connectivity index (χ4n) is 2.60. The molecule has 1 heterocycles. The molecule has 4 heteroatoms. The number of fused-ring (bicyclic) bond motifs is 1. The van der Waals surface area contributed by atoms with Gasteiger partial charge in [0, 0.05) is 12.4 Å². The number of hydrogen-bond acceptors (Lipinski definition) is 2. The van der Waals surface area contributed by atoms with Crippen LogP contribution < -0.4 is 5.73 Å². The Hall–Kier alpha value is -2.10. The molecule has 0 fully saturated rings. The second-order valence-corrected chi connectivity index (χ2v) is 4.34. The number of carbonyl (C=O) groups is 1. The molecular formula is C13H13N3O. The summed E-state index contributed by atoms with van der Waals surface area (Å²) in [7, 11) is 0. The molecule has 2 atom stereocenters. The first kappa shape index (κ1) is 10.1. The second kappa shape index (κ2) is 3.73. The minimum atomic E-state index is -0.262. The summed E-state index contributed by atoms with van der Waals surface area (Å²) in [4.78, 5) is 11.6. The van der Waals surface area contributed by atoms with E-state index < -0.39 is 0 Å². The molecule has 2 N–H and O–H groups in total. The number of aromatic nitrogens is 2. The first-order valence-corrected chi connectivity index (χ1v) is 5.63. The van der Waals surface area contributed by atoms with Crippen LogP contribution >= 0.6 is 0 Å². The van der Waals surface area contributed by atoms with Crippen molar-refractivity contribution in [3.63, 3.8) is 0 Å². The van der Waals surface area contributed by atoms with Crippen molar-refractivity contribution in [2.45, 2.75) is 12.5 Å². The summed E-state index contributed by atoms with van der Waals surface area (Å²) in [6, 6.07) is 9.87. The van der Waals surface area contributed by atoms with E-state index in [-0.39, 0.29) is 17.9 Å². The van der Waals surface area contributed by atoms with Crippen LogP contribution in [-0.2, 0) is 11.2 Å². The molecule has 2 unspecified atom stereocenters. The number of carbonyl (C=O) groups excluding carboxylic acids is 1. The van der Waals surface area contributed by atoms with Gasteiger partial charge in [-0.3, -0.25) is 9.48 Å². The van der Waals surface area contributed by atoms with E-state index >= 15 is 0 Å². The van der Waals surface area contributed by atoms with Gasteiger partial charge in [0.1, 0.15) is 0 Å². The minimum absolute atomic E-state index is 0.0568. The van der Waals surface area contributed by atoms with Crippen molar-refractivity contribution < 1.29 is 4.79 Å². The zero-order valence-electron chi connectivity index (χ0n) is 9.28. The second-order valence-electron chi connectivity index (χ2n) is 4.34. The van der Waals surface area contributed by atoms with Crippen LogP contribution in [0.3, 0.4) is 0 Å². The third-order valence-corrected chi connectivity index (χ3v) is 3.37. The van der Waals surface area contributed by atoms with Crippen LogP contribution in [0.15, 0.2) is 42.7 Å². The molecular weight excluding hydrogens is 214 g/mol. The van der Waals surface area contributed by atoms with E-state index in [0.717, 1.165) is 5.56 Å². The third-order valence-electron chi connectivity index (χ3n) is 3.37. The quantitative estimate of drug-likeness (QED) is 0.836. The largest absolute Gasteiger partial charge is 0.369 e. The van der Waals surface area contributed by atoms with E-state index in [1.807, 2.05) is 35.1 Å². The Balaban J connectivity index is 2.11. The molecule has 0 bridgehead atoms. The number of hydrogen-bond donors (Lipinski definition) is 1. The number of amides is 1. The summed E-state index contributed by atoms with van der Waals surface area (Å²) in [5.41, 5.74) is 7.84. The molecule has 0 spiro atoms. The van der Waals surface area contributed by atoms with Crippen LogP contribution in [0.2, 0.25) is 0 Å². The standard InChI is InChI=1S/C13H13N3O/c14-13(17)11-8-9-4-1-2-5-10(9)12(11)16-7-3-6-15-16/h1-7,11-12H,8H2,(H2,14,17). The van der Waals surface area contributed by atoms with E-state index in [2.05, 4.69) is 11.2 Å². The lowest BCUT2D eigenvalue weighted by atomic mass is 10.0. The van der Waals surface area contributed by atoms with Crippen molar-refractivity contribution in [3.8, 4) is 0 Å². The van der Waals surface area contributed by atoms with Gasteiger partial charge in [-0.25, -0.2) is 0 Å². The zero-order chi connectivity index (χ0) is 11.8. The van der Waals surface area contributed by atoms with Crippen LogP contribution in [0.25, 0.3) is 0 Å². The molecule has 4 nitrogen and oxygen atoms in total. The van der Waals surface area contributed by atoms with Crippen LogP contribution in [0.4, 0.5) is 0 Å². The lowest BCUT2D eigenvalue weighted by Crippen LogP contribution is -2.30. The maximum atomic E-state index is 11.6. The molecule has 0 radical (unpaired) electrons. The zero-order valence-corrected chi connectivity index (χ0v) is 9.28. The normalized spacial score (nSPS) is 22.4. The molecule has 17 heavy (non-hydrogen) atoms. The number of primary amides is 1. The van der Waals surface area contributed by atoms with Gasteiger partial charge in [0.15, 0.2) is 0 Å². The van der Waals surface area contributed by atoms with Crippen LogP contribution in [0, 0.1) is 5.92 Å². The highest BCUT2D eigenvalue weighted by Crippen LogP contribution is 2.38. The van der Waals surface area contributed by atoms with Gasteiger partial charge in [-0.15, -0.1) is 0 Å². The predicted molar refractivity (Wildman–Crippen MR) is 63.2 cm³/mol. The molecule has 1 aromatic heterocycles. The Morgan fingerprint density at radius 2 is 2.18 bits per heavy atom. The Bertz CT molecular complexity index is 548. The maximum Gasteiger partial charge on any atom is 0.223 e.